The Balaban J connectivity index is 2.86. The van der Waals surface area contributed by atoms with Gasteiger partial charge in [-0.25, -0.2) is 0 Å². The molecule has 19 heavy (non-hydrogen) atoms. The van der Waals surface area contributed by atoms with Crippen LogP contribution in [0, 0.1) is 11.3 Å². The summed E-state index contributed by atoms with van der Waals surface area (Å²) >= 11 is 0. The zero-order chi connectivity index (χ0) is 14.6. The minimum Gasteiger partial charge on any atom is -0.344 e. The Bertz CT molecular complexity index is 339. The van der Waals surface area contributed by atoms with Gasteiger partial charge in [-0.15, -0.1) is 0 Å². The van der Waals surface area contributed by atoms with E-state index >= 15 is 0 Å². The highest BCUT2D eigenvalue weighted by Gasteiger charge is 2.34. The second-order valence-electron chi connectivity index (χ2n) is 6.46. The minimum atomic E-state index is -0.354. The highest BCUT2D eigenvalue weighted by atomic mass is 16.2. The lowest BCUT2D eigenvalue weighted by Gasteiger charge is -2.33. The summed E-state index contributed by atoms with van der Waals surface area (Å²) < 4.78 is 0. The lowest BCUT2D eigenvalue weighted by molar-refractivity contribution is -0.136. The Morgan fingerprint density at radius 2 is 2.00 bits per heavy atom. The van der Waals surface area contributed by atoms with E-state index in [0.717, 1.165) is 19.4 Å². The first-order valence-electron chi connectivity index (χ1n) is 7.39. The molecule has 0 saturated carbocycles. The molecule has 1 N–H and O–H groups in total. The highest BCUT2D eigenvalue weighted by Crippen LogP contribution is 2.23. The SMILES string of the molecule is CCC(C)C1NC(=O)CCN(CC(C)(C)CC)C1=O. The van der Waals surface area contributed by atoms with E-state index < -0.39 is 0 Å². The van der Waals surface area contributed by atoms with Crippen LogP contribution in [-0.4, -0.2) is 35.8 Å². The molecule has 2 amide bonds. The number of carbonyl (C=O) groups excluding carboxylic acids is 2. The maximum absolute atomic E-state index is 12.6. The average Bonchev–Trinajstić information content (AvgIpc) is 2.51. The Morgan fingerprint density at radius 1 is 1.37 bits per heavy atom. The first-order valence-corrected chi connectivity index (χ1v) is 7.39. The Kier molecular flexibility index (Phi) is 5.39. The Labute approximate surface area is 116 Å². The van der Waals surface area contributed by atoms with Crippen LogP contribution in [0.1, 0.15) is 53.9 Å². The predicted molar refractivity (Wildman–Crippen MR) is 76.7 cm³/mol. The smallest absolute Gasteiger partial charge is 0.245 e. The van der Waals surface area contributed by atoms with E-state index in [2.05, 4.69) is 33.0 Å². The summed E-state index contributed by atoms with van der Waals surface area (Å²) in [6.45, 7) is 11.8. The average molecular weight is 268 g/mol. The molecule has 1 saturated heterocycles. The fraction of sp³-hybridized carbons (Fsp3) is 0.867. The molecule has 0 radical (unpaired) electrons. The molecule has 2 unspecified atom stereocenters. The maximum Gasteiger partial charge on any atom is 0.245 e. The molecule has 4 heteroatoms. The van der Waals surface area contributed by atoms with Crippen molar-refractivity contribution in [3.05, 3.63) is 0 Å². The van der Waals surface area contributed by atoms with Crippen molar-refractivity contribution in [2.45, 2.75) is 59.9 Å². The van der Waals surface area contributed by atoms with Crippen molar-refractivity contribution in [2.75, 3.05) is 13.1 Å². The molecule has 0 spiro atoms. The van der Waals surface area contributed by atoms with Gasteiger partial charge >= 0.3 is 0 Å². The largest absolute Gasteiger partial charge is 0.344 e. The Hall–Kier alpha value is -1.06. The molecule has 0 bridgehead atoms. The van der Waals surface area contributed by atoms with Gasteiger partial charge in [0.1, 0.15) is 6.04 Å². The van der Waals surface area contributed by atoms with Crippen molar-refractivity contribution in [1.29, 1.82) is 0 Å². The van der Waals surface area contributed by atoms with Crippen LogP contribution in [-0.2, 0) is 9.59 Å². The van der Waals surface area contributed by atoms with Crippen molar-refractivity contribution in [2.24, 2.45) is 11.3 Å². The normalized spacial score (nSPS) is 23.0. The van der Waals surface area contributed by atoms with Crippen LogP contribution in [0.2, 0.25) is 0 Å². The number of nitrogens with zero attached hydrogens (tertiary/aromatic N) is 1. The minimum absolute atomic E-state index is 0.00421. The summed E-state index contributed by atoms with van der Waals surface area (Å²) in [5.74, 6) is 0.263. The van der Waals surface area contributed by atoms with Gasteiger partial charge in [0.05, 0.1) is 0 Å². The molecular weight excluding hydrogens is 240 g/mol. The van der Waals surface area contributed by atoms with E-state index in [0.29, 0.717) is 13.0 Å². The van der Waals surface area contributed by atoms with Crippen molar-refractivity contribution in [3.63, 3.8) is 0 Å². The van der Waals surface area contributed by atoms with Gasteiger partial charge in [-0.2, -0.15) is 0 Å². The second-order valence-corrected chi connectivity index (χ2v) is 6.46. The van der Waals surface area contributed by atoms with Gasteiger partial charge in [0.15, 0.2) is 0 Å². The maximum atomic E-state index is 12.6. The standard InChI is InChI=1S/C15H28N2O2/c1-6-11(3)13-14(19)17(9-8-12(18)16-13)10-15(4,5)7-2/h11,13H,6-10H2,1-5H3,(H,16,18). The van der Waals surface area contributed by atoms with Crippen LogP contribution >= 0.6 is 0 Å². The van der Waals surface area contributed by atoms with Crippen LogP contribution in [0.5, 0.6) is 0 Å². The van der Waals surface area contributed by atoms with E-state index in [1.54, 1.807) is 0 Å². The fourth-order valence-corrected chi connectivity index (χ4v) is 2.26. The Morgan fingerprint density at radius 3 is 2.53 bits per heavy atom. The van der Waals surface area contributed by atoms with Crippen LogP contribution < -0.4 is 5.32 Å². The quantitative estimate of drug-likeness (QED) is 0.831. The zero-order valence-electron chi connectivity index (χ0n) is 13.0. The molecule has 0 aliphatic carbocycles. The summed E-state index contributed by atoms with van der Waals surface area (Å²) in [6, 6.07) is -0.354. The predicted octanol–water partition coefficient (Wildman–Crippen LogP) is 2.19. The summed E-state index contributed by atoms with van der Waals surface area (Å²) in [5, 5.41) is 2.88. The van der Waals surface area contributed by atoms with Gasteiger partial charge < -0.3 is 10.2 Å². The summed E-state index contributed by atoms with van der Waals surface area (Å²) in [4.78, 5) is 26.2. The molecule has 0 aromatic heterocycles. The number of nitrogens with one attached hydrogen (secondary N) is 1. The summed E-state index contributed by atoms with van der Waals surface area (Å²) in [6.07, 6.45) is 2.33. The third-order valence-corrected chi connectivity index (χ3v) is 4.29. The molecule has 1 aliphatic rings. The molecule has 0 aromatic rings. The van der Waals surface area contributed by atoms with Crippen LogP contribution in [0.4, 0.5) is 0 Å². The number of rotatable bonds is 5. The highest BCUT2D eigenvalue weighted by molar-refractivity contribution is 5.90. The number of carbonyl (C=O) groups is 2. The van der Waals surface area contributed by atoms with Crippen LogP contribution in [0.25, 0.3) is 0 Å². The first-order chi connectivity index (χ1) is 8.80. The van der Waals surface area contributed by atoms with Crippen LogP contribution in [0.3, 0.4) is 0 Å². The van der Waals surface area contributed by atoms with E-state index in [-0.39, 0.29) is 29.2 Å². The fourth-order valence-electron chi connectivity index (χ4n) is 2.26. The first kappa shape index (κ1) is 16.0. The molecule has 0 aromatic carbocycles. The van der Waals surface area contributed by atoms with Crippen LogP contribution in [0.15, 0.2) is 0 Å². The van der Waals surface area contributed by atoms with Gasteiger partial charge in [-0.3, -0.25) is 9.59 Å². The zero-order valence-corrected chi connectivity index (χ0v) is 13.0. The van der Waals surface area contributed by atoms with Crippen molar-refractivity contribution >= 4 is 11.8 Å². The third kappa shape index (κ3) is 4.22. The number of amides is 2. The molecule has 2 atom stereocenters. The number of hydrogen-bond donors (Lipinski definition) is 1. The van der Waals surface area contributed by atoms with Gasteiger partial charge in [0.25, 0.3) is 0 Å². The molecule has 1 heterocycles. The van der Waals surface area contributed by atoms with Gasteiger partial charge in [-0.05, 0) is 17.8 Å². The monoisotopic (exact) mass is 268 g/mol. The molecule has 4 nitrogen and oxygen atoms in total. The van der Waals surface area contributed by atoms with E-state index in [1.165, 1.54) is 0 Å². The van der Waals surface area contributed by atoms with E-state index in [9.17, 15) is 9.59 Å². The second kappa shape index (κ2) is 6.40. The lowest BCUT2D eigenvalue weighted by atomic mass is 9.89. The van der Waals surface area contributed by atoms with E-state index in [1.807, 2.05) is 11.8 Å². The van der Waals surface area contributed by atoms with Gasteiger partial charge in [0, 0.05) is 19.5 Å². The topological polar surface area (TPSA) is 49.4 Å². The molecule has 1 rings (SSSR count). The summed E-state index contributed by atoms with van der Waals surface area (Å²) in [5.41, 5.74) is 0.100. The van der Waals surface area contributed by atoms with E-state index in [4.69, 9.17) is 0 Å². The van der Waals surface area contributed by atoms with Crippen molar-refractivity contribution in [3.8, 4) is 0 Å². The lowest BCUT2D eigenvalue weighted by Crippen LogP contribution is -2.50. The molecular formula is C15H28N2O2. The third-order valence-electron chi connectivity index (χ3n) is 4.29. The van der Waals surface area contributed by atoms with Crippen molar-refractivity contribution in [1.82, 2.24) is 10.2 Å². The molecule has 1 fully saturated rings. The van der Waals surface area contributed by atoms with Crippen molar-refractivity contribution < 1.29 is 9.59 Å². The molecule has 110 valence electrons. The number of hydrogen-bond acceptors (Lipinski definition) is 2. The van der Waals surface area contributed by atoms with Gasteiger partial charge in [-0.1, -0.05) is 41.0 Å². The van der Waals surface area contributed by atoms with Gasteiger partial charge in [0.2, 0.25) is 11.8 Å². The molecule has 1 aliphatic heterocycles. The summed E-state index contributed by atoms with van der Waals surface area (Å²) in [7, 11) is 0.